The van der Waals surface area contributed by atoms with Crippen molar-refractivity contribution < 1.29 is 0 Å². The Morgan fingerprint density at radius 1 is 0.708 bits per heavy atom. The summed E-state index contributed by atoms with van der Waals surface area (Å²) < 4.78 is 0. The van der Waals surface area contributed by atoms with E-state index in [1.807, 2.05) is 48.5 Å². The molecule has 0 unspecified atom stereocenters. The second kappa shape index (κ2) is 5.76. The first-order valence-corrected chi connectivity index (χ1v) is 7.80. The highest BCUT2D eigenvalue weighted by Crippen LogP contribution is 2.39. The maximum atomic E-state index is 6.14. The molecule has 0 bridgehead atoms. The summed E-state index contributed by atoms with van der Waals surface area (Å²) in [7, 11) is 0. The molecule has 0 saturated carbocycles. The molecule has 0 aliphatic carbocycles. The third kappa shape index (κ3) is 2.30. The van der Waals surface area contributed by atoms with Crippen LogP contribution in [-0.4, -0.2) is 4.98 Å². The number of hydrogen-bond donors (Lipinski definition) is 4. The second-order valence-electron chi connectivity index (χ2n) is 5.74. The minimum absolute atomic E-state index is 0.626. The minimum Gasteiger partial charge on any atom is -0.397 e. The largest absolute Gasteiger partial charge is 0.397 e. The maximum Gasteiger partial charge on any atom is 0.0723 e. The molecule has 0 radical (unpaired) electrons. The molecule has 6 N–H and O–H groups in total. The first-order chi connectivity index (χ1) is 11.8. The lowest BCUT2D eigenvalue weighted by molar-refractivity contribution is 1.36. The number of fused-ring (bicyclic) bond motifs is 1. The molecule has 118 valence electrons. The normalized spacial score (nSPS) is 10.9. The number of H-pyrrole nitrogens is 1. The average Bonchev–Trinajstić information content (AvgIpc) is 3.00. The van der Waals surface area contributed by atoms with E-state index < -0.39 is 0 Å². The predicted octanol–water partition coefficient (Wildman–Crippen LogP) is 4.37. The van der Waals surface area contributed by atoms with E-state index in [1.54, 1.807) is 0 Å². The van der Waals surface area contributed by atoms with Gasteiger partial charge in [0.15, 0.2) is 0 Å². The Hall–Kier alpha value is -3.24. The topological polar surface area (TPSA) is 79.9 Å². The van der Waals surface area contributed by atoms with Crippen LogP contribution in [0.25, 0.3) is 33.3 Å². The van der Waals surface area contributed by atoms with Crippen molar-refractivity contribution in [1.29, 1.82) is 0 Å². The average molecular weight is 314 g/mol. The van der Waals surface area contributed by atoms with Gasteiger partial charge in [-0.15, -0.1) is 0 Å². The van der Waals surface area contributed by atoms with Gasteiger partial charge >= 0.3 is 0 Å². The van der Waals surface area contributed by atoms with Crippen LogP contribution in [0, 0.1) is 0 Å². The molecule has 24 heavy (non-hydrogen) atoms. The zero-order valence-corrected chi connectivity index (χ0v) is 13.1. The van der Waals surface area contributed by atoms with Crippen LogP contribution >= 0.6 is 0 Å². The second-order valence-corrected chi connectivity index (χ2v) is 5.74. The first-order valence-electron chi connectivity index (χ1n) is 7.80. The molecular weight excluding hydrogens is 296 g/mol. The van der Waals surface area contributed by atoms with Crippen LogP contribution in [0.4, 0.5) is 11.4 Å². The minimum atomic E-state index is 0.626. The summed E-state index contributed by atoms with van der Waals surface area (Å²) >= 11 is 0. The molecular formula is C20H18N4. The molecule has 4 aromatic rings. The van der Waals surface area contributed by atoms with Crippen molar-refractivity contribution in [3.63, 3.8) is 0 Å². The molecule has 3 aromatic carbocycles. The van der Waals surface area contributed by atoms with E-state index in [4.69, 9.17) is 11.6 Å². The molecule has 1 heterocycles. The number of nitrogen functional groups attached to an aromatic ring is 2. The van der Waals surface area contributed by atoms with Crippen LogP contribution in [-0.2, 0) is 0 Å². The summed E-state index contributed by atoms with van der Waals surface area (Å²) in [6.07, 6.45) is 0. The van der Waals surface area contributed by atoms with E-state index in [-0.39, 0.29) is 0 Å². The smallest absolute Gasteiger partial charge is 0.0723 e. The van der Waals surface area contributed by atoms with E-state index in [2.05, 4.69) is 34.7 Å². The fraction of sp³-hybridized carbons (Fsp3) is 0. The van der Waals surface area contributed by atoms with E-state index in [0.29, 0.717) is 5.69 Å². The number of rotatable bonds is 3. The lowest BCUT2D eigenvalue weighted by atomic mass is 10.0. The van der Waals surface area contributed by atoms with Gasteiger partial charge in [-0.3, -0.25) is 5.84 Å². The van der Waals surface area contributed by atoms with E-state index in [0.717, 1.165) is 39.0 Å². The molecule has 4 rings (SSSR count). The number of nitrogens with two attached hydrogens (primary N) is 2. The van der Waals surface area contributed by atoms with Crippen LogP contribution in [0.15, 0.2) is 72.8 Å². The first kappa shape index (κ1) is 14.4. The highest BCUT2D eigenvalue weighted by atomic mass is 15.2. The number of hydrazine groups is 1. The highest BCUT2D eigenvalue weighted by Gasteiger charge is 2.15. The highest BCUT2D eigenvalue weighted by molar-refractivity contribution is 6.08. The van der Waals surface area contributed by atoms with Crippen molar-refractivity contribution in [1.82, 2.24) is 4.98 Å². The molecule has 0 saturated heterocycles. The van der Waals surface area contributed by atoms with Gasteiger partial charge in [-0.05, 0) is 23.3 Å². The lowest BCUT2D eigenvalue weighted by Crippen LogP contribution is -2.08. The van der Waals surface area contributed by atoms with Gasteiger partial charge in [-0.2, -0.15) is 0 Å². The van der Waals surface area contributed by atoms with Gasteiger partial charge in [0, 0.05) is 10.8 Å². The zero-order valence-electron chi connectivity index (χ0n) is 13.1. The Bertz CT molecular complexity index is 989. The van der Waals surface area contributed by atoms with Gasteiger partial charge in [0.25, 0.3) is 0 Å². The van der Waals surface area contributed by atoms with Gasteiger partial charge in [0.2, 0.25) is 0 Å². The maximum absolute atomic E-state index is 6.14. The van der Waals surface area contributed by atoms with Gasteiger partial charge in [-0.25, -0.2) is 0 Å². The van der Waals surface area contributed by atoms with Crippen molar-refractivity contribution in [3.05, 3.63) is 72.8 Å². The molecule has 0 aliphatic heterocycles. The summed E-state index contributed by atoms with van der Waals surface area (Å²) in [4.78, 5) is 3.58. The quantitative estimate of drug-likeness (QED) is 0.257. The third-order valence-electron chi connectivity index (χ3n) is 4.26. The van der Waals surface area contributed by atoms with Crippen molar-refractivity contribution in [2.75, 3.05) is 11.2 Å². The Morgan fingerprint density at radius 3 is 1.71 bits per heavy atom. The van der Waals surface area contributed by atoms with E-state index >= 15 is 0 Å². The summed E-state index contributed by atoms with van der Waals surface area (Å²) in [5.74, 6) is 5.61. The molecule has 0 spiro atoms. The monoisotopic (exact) mass is 314 g/mol. The zero-order chi connectivity index (χ0) is 16.5. The fourth-order valence-corrected chi connectivity index (χ4v) is 3.08. The molecule has 0 amide bonds. The Balaban J connectivity index is 2.06. The number of anilines is 2. The summed E-state index contributed by atoms with van der Waals surface area (Å²) in [5, 5.41) is 2.17. The fourth-order valence-electron chi connectivity index (χ4n) is 3.08. The van der Waals surface area contributed by atoms with Gasteiger partial charge < -0.3 is 16.1 Å². The number of nitrogens with one attached hydrogen (secondary N) is 2. The van der Waals surface area contributed by atoms with E-state index in [9.17, 15) is 0 Å². The Morgan fingerprint density at radius 2 is 1.21 bits per heavy atom. The Kier molecular flexibility index (Phi) is 3.44. The molecule has 4 nitrogen and oxygen atoms in total. The summed E-state index contributed by atoms with van der Waals surface area (Å²) in [6.45, 7) is 0. The van der Waals surface area contributed by atoms with Gasteiger partial charge in [-0.1, -0.05) is 60.7 Å². The van der Waals surface area contributed by atoms with Crippen molar-refractivity contribution in [2.45, 2.75) is 0 Å². The van der Waals surface area contributed by atoms with Crippen LogP contribution in [0.3, 0.4) is 0 Å². The number of hydrogen-bond acceptors (Lipinski definition) is 3. The standard InChI is InChI=1S/C20H18N4/c21-17-11-15-16(12-18(17)24-22)20(14-9-5-2-6-10-14)23-19(15)13-7-3-1-4-8-13/h1-12,23-24H,21-22H2. The number of aromatic amines is 1. The summed E-state index contributed by atoms with van der Waals surface area (Å²) in [5.41, 5.74) is 14.5. The van der Waals surface area contributed by atoms with E-state index in [1.165, 1.54) is 0 Å². The van der Waals surface area contributed by atoms with Gasteiger partial charge in [0.05, 0.1) is 22.8 Å². The number of benzene rings is 3. The Labute approximate surface area is 140 Å². The van der Waals surface area contributed by atoms with Crippen molar-refractivity contribution in [3.8, 4) is 22.5 Å². The van der Waals surface area contributed by atoms with Crippen LogP contribution in [0.2, 0.25) is 0 Å². The van der Waals surface area contributed by atoms with Crippen molar-refractivity contribution >= 4 is 22.1 Å². The molecule has 4 heteroatoms. The van der Waals surface area contributed by atoms with Crippen LogP contribution in [0.1, 0.15) is 0 Å². The molecule has 0 fully saturated rings. The van der Waals surface area contributed by atoms with Crippen molar-refractivity contribution in [2.24, 2.45) is 5.84 Å². The third-order valence-corrected chi connectivity index (χ3v) is 4.26. The molecule has 1 aromatic heterocycles. The molecule has 0 aliphatic rings. The van der Waals surface area contributed by atoms with Crippen LogP contribution < -0.4 is 17.0 Å². The summed E-state index contributed by atoms with van der Waals surface area (Å²) in [6, 6.07) is 24.5. The van der Waals surface area contributed by atoms with Gasteiger partial charge in [0.1, 0.15) is 0 Å². The SMILES string of the molecule is NNc1cc2c(-c3ccccc3)[nH]c(-c3ccccc3)c2cc1N. The molecule has 0 atom stereocenters. The predicted molar refractivity (Wildman–Crippen MR) is 101 cm³/mol. The van der Waals surface area contributed by atoms with Crippen LogP contribution in [0.5, 0.6) is 0 Å². The lowest BCUT2D eigenvalue weighted by Gasteiger charge is -2.06. The number of aromatic nitrogens is 1.